The number of likely N-dealkylation sites (N-methyl/N-ethyl adjacent to an activating group) is 1. The van der Waals surface area contributed by atoms with E-state index in [2.05, 4.69) is 24.1 Å². The average molecular weight is 271 g/mol. The molecule has 1 rings (SSSR count). The molecule has 0 aliphatic rings. The minimum absolute atomic E-state index is 0.216. The Morgan fingerprint density at radius 2 is 2.17 bits per heavy atom. The van der Waals surface area contributed by atoms with Gasteiger partial charge in [0.05, 0.1) is 4.92 Å². The molecule has 0 bridgehead atoms. The van der Waals surface area contributed by atoms with Gasteiger partial charge in [-0.2, -0.15) is 0 Å². The van der Waals surface area contributed by atoms with E-state index < -0.39 is 0 Å². The van der Waals surface area contributed by atoms with Crippen molar-refractivity contribution in [1.82, 2.24) is 10.2 Å². The van der Waals surface area contributed by atoms with Gasteiger partial charge >= 0.3 is 5.00 Å². The highest BCUT2D eigenvalue weighted by Gasteiger charge is 2.09. The van der Waals surface area contributed by atoms with Crippen molar-refractivity contribution in [2.45, 2.75) is 26.8 Å². The summed E-state index contributed by atoms with van der Waals surface area (Å²) in [6.45, 7) is 9.20. The number of nitrogens with zero attached hydrogens (tertiary/aromatic N) is 2. The van der Waals surface area contributed by atoms with E-state index in [-0.39, 0.29) is 9.92 Å². The molecule has 0 radical (unpaired) electrons. The highest BCUT2D eigenvalue weighted by atomic mass is 32.1. The molecule has 18 heavy (non-hydrogen) atoms. The molecule has 0 fully saturated rings. The molecule has 0 atom stereocenters. The largest absolute Gasteiger partial charge is 0.324 e. The number of rotatable bonds is 9. The first kappa shape index (κ1) is 15.1. The fourth-order valence-corrected chi connectivity index (χ4v) is 2.54. The Morgan fingerprint density at radius 3 is 2.72 bits per heavy atom. The monoisotopic (exact) mass is 271 g/mol. The summed E-state index contributed by atoms with van der Waals surface area (Å²) in [5, 5.41) is 14.1. The molecule has 6 heteroatoms. The quantitative estimate of drug-likeness (QED) is 0.426. The number of hydrogen-bond donors (Lipinski definition) is 1. The van der Waals surface area contributed by atoms with Gasteiger partial charge in [-0.15, -0.1) is 0 Å². The molecule has 102 valence electrons. The number of nitro groups is 1. The van der Waals surface area contributed by atoms with Gasteiger partial charge < -0.3 is 10.2 Å². The van der Waals surface area contributed by atoms with Crippen LogP contribution in [0.5, 0.6) is 0 Å². The van der Waals surface area contributed by atoms with E-state index >= 15 is 0 Å². The lowest BCUT2D eigenvalue weighted by atomic mass is 10.4. The third-order valence-electron chi connectivity index (χ3n) is 2.72. The molecule has 0 aromatic carbocycles. The van der Waals surface area contributed by atoms with Crippen LogP contribution in [-0.2, 0) is 6.54 Å². The summed E-state index contributed by atoms with van der Waals surface area (Å²) < 4.78 is 0. The summed E-state index contributed by atoms with van der Waals surface area (Å²) in [6, 6.07) is 3.39. The second-order valence-corrected chi connectivity index (χ2v) is 5.25. The summed E-state index contributed by atoms with van der Waals surface area (Å²) in [7, 11) is 0. The van der Waals surface area contributed by atoms with Gasteiger partial charge in [-0.05, 0) is 25.6 Å². The van der Waals surface area contributed by atoms with Crippen molar-refractivity contribution < 1.29 is 4.92 Å². The van der Waals surface area contributed by atoms with Crippen molar-refractivity contribution in [3.8, 4) is 0 Å². The summed E-state index contributed by atoms with van der Waals surface area (Å²) in [4.78, 5) is 13.6. The molecule has 0 aliphatic carbocycles. The lowest BCUT2D eigenvalue weighted by Crippen LogP contribution is -2.32. The zero-order chi connectivity index (χ0) is 13.4. The second kappa shape index (κ2) is 8.18. The number of nitrogens with one attached hydrogen (secondary N) is 1. The summed E-state index contributed by atoms with van der Waals surface area (Å²) in [5.74, 6) is 0. The summed E-state index contributed by atoms with van der Waals surface area (Å²) in [5.41, 5.74) is 0. The van der Waals surface area contributed by atoms with Crippen LogP contribution in [0.25, 0.3) is 0 Å². The number of hydrogen-bond acceptors (Lipinski definition) is 5. The zero-order valence-electron chi connectivity index (χ0n) is 11.0. The van der Waals surface area contributed by atoms with Gasteiger partial charge in [0.25, 0.3) is 0 Å². The minimum atomic E-state index is -0.339. The third-order valence-corrected chi connectivity index (χ3v) is 3.76. The van der Waals surface area contributed by atoms with Gasteiger partial charge in [0.15, 0.2) is 0 Å². The fourth-order valence-electron chi connectivity index (χ4n) is 1.75. The highest BCUT2D eigenvalue weighted by Crippen LogP contribution is 2.23. The third kappa shape index (κ3) is 5.12. The predicted molar refractivity (Wildman–Crippen MR) is 75.1 cm³/mol. The van der Waals surface area contributed by atoms with Crippen LogP contribution in [0.2, 0.25) is 0 Å². The Labute approximate surface area is 112 Å². The number of thiophene rings is 1. The SMILES string of the molecule is CCCN(CC)CCNCc1ccc([N+](=O)[O-])s1. The Balaban J connectivity index is 2.22. The molecule has 0 aliphatic heterocycles. The summed E-state index contributed by atoms with van der Waals surface area (Å²) >= 11 is 1.24. The molecule has 1 aromatic rings. The molecule has 0 amide bonds. The van der Waals surface area contributed by atoms with Crippen LogP contribution in [0.3, 0.4) is 0 Å². The van der Waals surface area contributed by atoms with Gasteiger partial charge in [-0.3, -0.25) is 10.1 Å². The van der Waals surface area contributed by atoms with Crippen molar-refractivity contribution >= 4 is 16.3 Å². The first-order valence-electron chi connectivity index (χ1n) is 6.33. The molecule has 0 spiro atoms. The summed E-state index contributed by atoms with van der Waals surface area (Å²) in [6.07, 6.45) is 1.17. The molecule has 5 nitrogen and oxygen atoms in total. The lowest BCUT2D eigenvalue weighted by Gasteiger charge is -2.19. The van der Waals surface area contributed by atoms with Crippen molar-refractivity contribution in [2.24, 2.45) is 0 Å². The van der Waals surface area contributed by atoms with Crippen LogP contribution < -0.4 is 5.32 Å². The zero-order valence-corrected chi connectivity index (χ0v) is 11.8. The fraction of sp³-hybridized carbons (Fsp3) is 0.667. The standard InChI is InChI=1S/C12H21N3O2S/c1-3-8-14(4-2)9-7-13-10-11-5-6-12(18-11)15(16)17/h5-6,13H,3-4,7-10H2,1-2H3. The molecule has 1 aromatic heterocycles. The topological polar surface area (TPSA) is 58.4 Å². The van der Waals surface area contributed by atoms with Crippen LogP contribution >= 0.6 is 11.3 Å². The van der Waals surface area contributed by atoms with Gasteiger partial charge in [0.2, 0.25) is 0 Å². The van der Waals surface area contributed by atoms with E-state index in [0.29, 0.717) is 6.54 Å². The van der Waals surface area contributed by atoms with Crippen LogP contribution in [0.4, 0.5) is 5.00 Å². The Morgan fingerprint density at radius 1 is 1.39 bits per heavy atom. The molecule has 1 heterocycles. The smallest absolute Gasteiger partial charge is 0.311 e. The Bertz CT molecular complexity index is 368. The van der Waals surface area contributed by atoms with Crippen LogP contribution in [-0.4, -0.2) is 36.0 Å². The van der Waals surface area contributed by atoms with Crippen molar-refractivity contribution in [1.29, 1.82) is 0 Å². The lowest BCUT2D eigenvalue weighted by molar-refractivity contribution is -0.380. The predicted octanol–water partition coefficient (Wildman–Crippen LogP) is 2.48. The van der Waals surface area contributed by atoms with E-state index in [1.807, 2.05) is 6.07 Å². The maximum absolute atomic E-state index is 10.5. The van der Waals surface area contributed by atoms with Crippen molar-refractivity contribution in [3.63, 3.8) is 0 Å². The molecule has 0 saturated heterocycles. The van der Waals surface area contributed by atoms with Gasteiger partial charge in [-0.25, -0.2) is 0 Å². The molecule has 0 unspecified atom stereocenters. The molecular weight excluding hydrogens is 250 g/mol. The van der Waals surface area contributed by atoms with E-state index in [0.717, 1.165) is 31.1 Å². The Kier molecular flexibility index (Phi) is 6.85. The van der Waals surface area contributed by atoms with Gasteiger partial charge in [-0.1, -0.05) is 25.2 Å². The van der Waals surface area contributed by atoms with Crippen LogP contribution in [0.1, 0.15) is 25.1 Å². The molecule has 0 saturated carbocycles. The van der Waals surface area contributed by atoms with E-state index in [4.69, 9.17) is 0 Å². The van der Waals surface area contributed by atoms with E-state index in [1.54, 1.807) is 6.07 Å². The van der Waals surface area contributed by atoms with E-state index in [1.165, 1.54) is 17.8 Å². The Hall–Kier alpha value is -0.980. The maximum atomic E-state index is 10.5. The molecular formula is C12H21N3O2S. The minimum Gasteiger partial charge on any atom is -0.311 e. The first-order valence-corrected chi connectivity index (χ1v) is 7.15. The van der Waals surface area contributed by atoms with E-state index in [9.17, 15) is 10.1 Å². The molecule has 1 N–H and O–H groups in total. The van der Waals surface area contributed by atoms with Crippen molar-refractivity contribution in [2.75, 3.05) is 26.2 Å². The second-order valence-electron chi connectivity index (χ2n) is 4.11. The van der Waals surface area contributed by atoms with Crippen LogP contribution in [0.15, 0.2) is 12.1 Å². The van der Waals surface area contributed by atoms with Crippen molar-refractivity contribution in [3.05, 3.63) is 27.1 Å². The van der Waals surface area contributed by atoms with Gasteiger partial charge in [0, 0.05) is 30.6 Å². The normalized spacial score (nSPS) is 11.1. The van der Waals surface area contributed by atoms with Gasteiger partial charge in [0.1, 0.15) is 0 Å². The average Bonchev–Trinajstić information content (AvgIpc) is 2.82. The first-order chi connectivity index (χ1) is 8.67. The maximum Gasteiger partial charge on any atom is 0.324 e. The van der Waals surface area contributed by atoms with Crippen LogP contribution in [0, 0.1) is 10.1 Å². The highest BCUT2D eigenvalue weighted by molar-refractivity contribution is 7.15.